The van der Waals surface area contributed by atoms with Gasteiger partial charge in [0.2, 0.25) is 5.82 Å². The van der Waals surface area contributed by atoms with Gasteiger partial charge in [0.15, 0.2) is 17.4 Å². The molecular formula is C19H20F3N3O3. The van der Waals surface area contributed by atoms with Gasteiger partial charge in [-0.2, -0.15) is 4.39 Å². The number of piperidine rings is 1. The highest BCUT2D eigenvalue weighted by molar-refractivity contribution is 5.95. The summed E-state index contributed by atoms with van der Waals surface area (Å²) in [6, 6.07) is 0.740. The topological polar surface area (TPSA) is 64.5 Å². The number of nitrogens with zero attached hydrogens (tertiary/aromatic N) is 3. The van der Waals surface area contributed by atoms with Crippen LogP contribution in [0.4, 0.5) is 13.2 Å². The Bertz CT molecular complexity index is 862. The van der Waals surface area contributed by atoms with E-state index in [1.165, 1.54) is 4.90 Å². The Kier molecular flexibility index (Phi) is 6.01. The van der Waals surface area contributed by atoms with E-state index in [2.05, 4.69) is 14.7 Å². The summed E-state index contributed by atoms with van der Waals surface area (Å²) in [7, 11) is 1.00. The number of aromatic nitrogens is 2. The lowest BCUT2D eigenvalue weighted by Crippen LogP contribution is -2.44. The summed E-state index contributed by atoms with van der Waals surface area (Å²) in [5.41, 5.74) is 0.385. The number of carbonyl (C=O) groups is 1. The highest BCUT2D eigenvalue weighted by atomic mass is 19.2. The molecule has 0 saturated carbocycles. The van der Waals surface area contributed by atoms with Gasteiger partial charge in [0.25, 0.3) is 5.91 Å². The van der Waals surface area contributed by atoms with Crippen LogP contribution in [0.25, 0.3) is 0 Å². The van der Waals surface area contributed by atoms with Crippen LogP contribution in [0.2, 0.25) is 0 Å². The zero-order chi connectivity index (χ0) is 20.3. The van der Waals surface area contributed by atoms with Gasteiger partial charge >= 0.3 is 6.01 Å². The molecule has 28 heavy (non-hydrogen) atoms. The van der Waals surface area contributed by atoms with Crippen molar-refractivity contribution in [3.63, 3.8) is 0 Å². The SMILES string of the molecule is CCc1cnc(OC2CCCN(C(=O)c3cc(F)c(F)c(OC)c3F)C2)nc1. The molecule has 1 aromatic heterocycles. The van der Waals surface area contributed by atoms with E-state index in [1.54, 1.807) is 12.4 Å². The zero-order valence-corrected chi connectivity index (χ0v) is 15.5. The van der Waals surface area contributed by atoms with Gasteiger partial charge in [0.05, 0.1) is 19.2 Å². The van der Waals surface area contributed by atoms with Gasteiger partial charge in [-0.15, -0.1) is 0 Å². The van der Waals surface area contributed by atoms with Gasteiger partial charge in [-0.1, -0.05) is 6.92 Å². The van der Waals surface area contributed by atoms with Crippen molar-refractivity contribution >= 4 is 5.91 Å². The largest absolute Gasteiger partial charge is 0.491 e. The summed E-state index contributed by atoms with van der Waals surface area (Å²) in [6.45, 7) is 2.48. The van der Waals surface area contributed by atoms with Gasteiger partial charge in [-0.3, -0.25) is 4.79 Å². The number of ether oxygens (including phenoxy) is 2. The summed E-state index contributed by atoms with van der Waals surface area (Å²) in [5.74, 6) is -5.73. The monoisotopic (exact) mass is 395 g/mol. The molecule has 1 saturated heterocycles. The number of benzene rings is 1. The minimum atomic E-state index is -1.47. The van der Waals surface area contributed by atoms with Crippen molar-refractivity contribution in [1.29, 1.82) is 0 Å². The molecule has 150 valence electrons. The van der Waals surface area contributed by atoms with Crippen molar-refractivity contribution in [2.24, 2.45) is 0 Å². The predicted octanol–water partition coefficient (Wildman–Crippen LogP) is 3.15. The average molecular weight is 395 g/mol. The van der Waals surface area contributed by atoms with Crippen molar-refractivity contribution in [2.45, 2.75) is 32.3 Å². The van der Waals surface area contributed by atoms with Gasteiger partial charge in [-0.05, 0) is 30.9 Å². The normalized spacial score (nSPS) is 16.8. The molecule has 0 aliphatic carbocycles. The smallest absolute Gasteiger partial charge is 0.316 e. The number of likely N-dealkylation sites (tertiary alicyclic amines) is 1. The zero-order valence-electron chi connectivity index (χ0n) is 15.5. The standard InChI is InChI=1S/C19H20F3N3O3/c1-3-11-8-23-19(24-9-11)28-12-5-4-6-25(10-12)18(26)13-7-14(20)16(22)17(27-2)15(13)21/h7-9,12H,3-6,10H2,1-2H3. The van der Waals surface area contributed by atoms with E-state index in [9.17, 15) is 18.0 Å². The van der Waals surface area contributed by atoms with Crippen molar-refractivity contribution in [1.82, 2.24) is 14.9 Å². The van der Waals surface area contributed by atoms with Crippen LogP contribution in [0.1, 0.15) is 35.7 Å². The second kappa shape index (κ2) is 8.45. The summed E-state index contributed by atoms with van der Waals surface area (Å²) in [4.78, 5) is 22.3. The van der Waals surface area contributed by atoms with Crippen molar-refractivity contribution in [3.8, 4) is 11.8 Å². The summed E-state index contributed by atoms with van der Waals surface area (Å²) in [5, 5.41) is 0. The Balaban J connectivity index is 1.75. The second-order valence-electron chi connectivity index (χ2n) is 6.43. The molecule has 6 nitrogen and oxygen atoms in total. The quantitative estimate of drug-likeness (QED) is 0.728. The third kappa shape index (κ3) is 4.02. The van der Waals surface area contributed by atoms with Crippen molar-refractivity contribution < 1.29 is 27.4 Å². The maximum Gasteiger partial charge on any atom is 0.316 e. The number of halogens is 3. The molecule has 0 N–H and O–H groups in total. The molecule has 2 aromatic rings. The third-order valence-corrected chi connectivity index (χ3v) is 4.58. The Hall–Kier alpha value is -2.84. The first-order valence-corrected chi connectivity index (χ1v) is 8.92. The Morgan fingerprint density at radius 2 is 1.96 bits per heavy atom. The van der Waals surface area contributed by atoms with Crippen LogP contribution >= 0.6 is 0 Å². The number of rotatable bonds is 5. The van der Waals surface area contributed by atoms with Gasteiger partial charge < -0.3 is 14.4 Å². The number of hydrogen-bond donors (Lipinski definition) is 0. The second-order valence-corrected chi connectivity index (χ2v) is 6.43. The fourth-order valence-corrected chi connectivity index (χ4v) is 3.04. The van der Waals surface area contributed by atoms with E-state index in [-0.39, 0.29) is 18.7 Å². The fourth-order valence-electron chi connectivity index (χ4n) is 3.04. The number of carbonyl (C=O) groups excluding carboxylic acids is 1. The predicted molar refractivity (Wildman–Crippen MR) is 93.8 cm³/mol. The first-order valence-electron chi connectivity index (χ1n) is 8.92. The Labute approximate surface area is 160 Å². The van der Waals surface area contributed by atoms with Crippen LogP contribution in [0.3, 0.4) is 0 Å². The molecule has 1 fully saturated rings. The van der Waals surface area contributed by atoms with Crippen LogP contribution < -0.4 is 9.47 Å². The fraction of sp³-hybridized carbons (Fsp3) is 0.421. The lowest BCUT2D eigenvalue weighted by atomic mass is 10.1. The molecule has 1 aliphatic heterocycles. The van der Waals surface area contributed by atoms with E-state index in [0.29, 0.717) is 25.5 Å². The van der Waals surface area contributed by atoms with E-state index in [4.69, 9.17) is 4.74 Å². The summed E-state index contributed by atoms with van der Waals surface area (Å²) < 4.78 is 52.0. The van der Waals surface area contributed by atoms with Crippen LogP contribution in [-0.2, 0) is 6.42 Å². The van der Waals surface area contributed by atoms with Gasteiger partial charge in [-0.25, -0.2) is 18.7 Å². The minimum absolute atomic E-state index is 0.151. The molecule has 1 aliphatic rings. The maximum absolute atomic E-state index is 14.4. The molecular weight excluding hydrogens is 375 g/mol. The van der Waals surface area contributed by atoms with E-state index < -0.39 is 34.7 Å². The van der Waals surface area contributed by atoms with Gasteiger partial charge in [0.1, 0.15) is 6.10 Å². The van der Waals surface area contributed by atoms with Crippen LogP contribution in [0.15, 0.2) is 18.5 Å². The average Bonchev–Trinajstić information content (AvgIpc) is 2.71. The first-order chi connectivity index (χ1) is 13.4. The molecule has 2 heterocycles. The molecule has 1 amide bonds. The van der Waals surface area contributed by atoms with Gasteiger partial charge in [0, 0.05) is 18.9 Å². The Morgan fingerprint density at radius 3 is 2.61 bits per heavy atom. The first kappa shape index (κ1) is 19.9. The lowest BCUT2D eigenvalue weighted by molar-refractivity contribution is 0.0510. The Morgan fingerprint density at radius 1 is 1.25 bits per heavy atom. The minimum Gasteiger partial charge on any atom is -0.491 e. The molecule has 0 bridgehead atoms. The van der Waals surface area contributed by atoms with Crippen LogP contribution in [-0.4, -0.2) is 47.1 Å². The summed E-state index contributed by atoms with van der Waals surface area (Å²) in [6.07, 6.45) is 5.00. The number of amides is 1. The number of aryl methyl sites for hydroxylation is 1. The lowest BCUT2D eigenvalue weighted by Gasteiger charge is -2.32. The van der Waals surface area contributed by atoms with Crippen LogP contribution in [0, 0.1) is 17.5 Å². The van der Waals surface area contributed by atoms with Crippen LogP contribution in [0.5, 0.6) is 11.8 Å². The summed E-state index contributed by atoms with van der Waals surface area (Å²) >= 11 is 0. The molecule has 1 aromatic carbocycles. The number of methoxy groups -OCH3 is 1. The van der Waals surface area contributed by atoms with E-state index in [0.717, 1.165) is 19.1 Å². The molecule has 3 rings (SSSR count). The molecule has 0 spiro atoms. The van der Waals surface area contributed by atoms with Crippen molar-refractivity contribution in [2.75, 3.05) is 20.2 Å². The van der Waals surface area contributed by atoms with E-state index in [1.807, 2.05) is 6.92 Å². The molecule has 1 atom stereocenters. The third-order valence-electron chi connectivity index (χ3n) is 4.58. The van der Waals surface area contributed by atoms with Crippen molar-refractivity contribution in [3.05, 3.63) is 47.0 Å². The highest BCUT2D eigenvalue weighted by Crippen LogP contribution is 2.28. The molecule has 9 heteroatoms. The molecule has 0 radical (unpaired) electrons. The highest BCUT2D eigenvalue weighted by Gasteiger charge is 2.30. The maximum atomic E-state index is 14.4. The number of hydrogen-bond acceptors (Lipinski definition) is 5. The molecule has 1 unspecified atom stereocenters. The van der Waals surface area contributed by atoms with E-state index >= 15 is 0 Å².